The minimum atomic E-state index is -3.96. The van der Waals surface area contributed by atoms with Crippen molar-refractivity contribution in [3.05, 3.63) is 94.8 Å². The molecule has 0 atom stereocenters. The van der Waals surface area contributed by atoms with Gasteiger partial charge in [0.2, 0.25) is 15.9 Å². The summed E-state index contributed by atoms with van der Waals surface area (Å²) in [5, 5.41) is 0. The number of amides is 1. The maximum absolute atomic E-state index is 13.4. The number of nitrogens with zero attached hydrogens (tertiary/aromatic N) is 2. The minimum absolute atomic E-state index is 0.0526. The van der Waals surface area contributed by atoms with Crippen LogP contribution in [0.1, 0.15) is 22.3 Å². The summed E-state index contributed by atoms with van der Waals surface area (Å²) in [6.45, 7) is 5.41. The van der Waals surface area contributed by atoms with Crippen LogP contribution in [0.25, 0.3) is 0 Å². The van der Waals surface area contributed by atoms with E-state index in [1.54, 1.807) is 19.2 Å². The van der Waals surface area contributed by atoms with Crippen LogP contribution in [-0.2, 0) is 21.4 Å². The first-order valence-corrected chi connectivity index (χ1v) is 11.7. The van der Waals surface area contributed by atoms with E-state index in [9.17, 15) is 17.6 Å². The van der Waals surface area contributed by atoms with Gasteiger partial charge in [0.05, 0.1) is 11.4 Å². The first kappa shape index (κ1) is 23.6. The molecule has 7 heteroatoms. The highest BCUT2D eigenvalue weighted by molar-refractivity contribution is 7.89. The molecule has 5 nitrogen and oxygen atoms in total. The number of aryl methyl sites for hydroxylation is 3. The fourth-order valence-corrected chi connectivity index (χ4v) is 4.59. The monoisotopic (exact) mass is 454 g/mol. The zero-order chi connectivity index (χ0) is 23.5. The molecule has 0 saturated heterocycles. The van der Waals surface area contributed by atoms with Crippen LogP contribution in [0.4, 0.5) is 10.1 Å². The predicted molar refractivity (Wildman–Crippen MR) is 125 cm³/mol. The lowest BCUT2D eigenvalue weighted by Crippen LogP contribution is -2.41. The number of rotatable bonds is 7. The minimum Gasteiger partial charge on any atom is -0.314 e. The summed E-state index contributed by atoms with van der Waals surface area (Å²) in [5.41, 5.74) is 4.35. The molecule has 0 aliphatic heterocycles. The quantitative estimate of drug-likeness (QED) is 0.524. The first-order valence-electron chi connectivity index (χ1n) is 10.2. The van der Waals surface area contributed by atoms with Gasteiger partial charge in [0.1, 0.15) is 5.82 Å². The maximum Gasteiger partial charge on any atom is 0.243 e. The van der Waals surface area contributed by atoms with Crippen molar-refractivity contribution in [3.8, 4) is 0 Å². The Labute approximate surface area is 189 Å². The van der Waals surface area contributed by atoms with E-state index in [1.807, 2.05) is 39.0 Å². The highest BCUT2D eigenvalue weighted by atomic mass is 32.2. The number of hydrogen-bond acceptors (Lipinski definition) is 3. The fourth-order valence-electron chi connectivity index (χ4n) is 3.21. The fraction of sp³-hybridized carbons (Fsp3) is 0.240. The van der Waals surface area contributed by atoms with E-state index in [4.69, 9.17) is 0 Å². The van der Waals surface area contributed by atoms with E-state index in [0.29, 0.717) is 11.3 Å². The lowest BCUT2D eigenvalue weighted by Gasteiger charge is -2.25. The Kier molecular flexibility index (Phi) is 7.11. The second-order valence-corrected chi connectivity index (χ2v) is 9.87. The average Bonchev–Trinajstić information content (AvgIpc) is 2.76. The summed E-state index contributed by atoms with van der Waals surface area (Å²) in [6, 6.07) is 17.7. The molecular formula is C25H27FN2O3S. The number of anilines is 1. The Balaban J connectivity index is 1.92. The van der Waals surface area contributed by atoms with Crippen molar-refractivity contribution in [2.24, 2.45) is 0 Å². The summed E-state index contributed by atoms with van der Waals surface area (Å²) in [5.74, 6) is -0.779. The Bertz CT molecular complexity index is 1210. The van der Waals surface area contributed by atoms with Crippen LogP contribution in [0.3, 0.4) is 0 Å². The van der Waals surface area contributed by atoms with Crippen LogP contribution in [0.2, 0.25) is 0 Å². The molecule has 0 radical (unpaired) electrons. The summed E-state index contributed by atoms with van der Waals surface area (Å²) in [7, 11) is -2.33. The van der Waals surface area contributed by atoms with Gasteiger partial charge in [-0.15, -0.1) is 0 Å². The molecule has 0 aromatic heterocycles. The van der Waals surface area contributed by atoms with Gasteiger partial charge < -0.3 is 4.90 Å². The molecule has 32 heavy (non-hydrogen) atoms. The van der Waals surface area contributed by atoms with Crippen molar-refractivity contribution in [1.82, 2.24) is 4.31 Å². The summed E-state index contributed by atoms with van der Waals surface area (Å²) in [4.78, 5) is 14.6. The van der Waals surface area contributed by atoms with Crippen LogP contribution in [-0.4, -0.2) is 32.2 Å². The molecule has 0 saturated carbocycles. The molecular weight excluding hydrogens is 427 g/mol. The Morgan fingerprint density at radius 2 is 1.50 bits per heavy atom. The molecule has 0 aliphatic carbocycles. The van der Waals surface area contributed by atoms with Crippen LogP contribution >= 0.6 is 0 Å². The smallest absolute Gasteiger partial charge is 0.243 e. The van der Waals surface area contributed by atoms with Gasteiger partial charge in [-0.3, -0.25) is 4.79 Å². The van der Waals surface area contributed by atoms with Crippen molar-refractivity contribution in [2.75, 3.05) is 18.5 Å². The Morgan fingerprint density at radius 1 is 0.875 bits per heavy atom. The van der Waals surface area contributed by atoms with Gasteiger partial charge in [0.15, 0.2) is 0 Å². The van der Waals surface area contributed by atoms with Crippen LogP contribution in [0.5, 0.6) is 0 Å². The number of sulfonamides is 1. The molecule has 0 fully saturated rings. The zero-order valence-corrected chi connectivity index (χ0v) is 19.5. The van der Waals surface area contributed by atoms with Crippen molar-refractivity contribution in [3.63, 3.8) is 0 Å². The van der Waals surface area contributed by atoms with Crippen molar-refractivity contribution < 1.29 is 17.6 Å². The summed E-state index contributed by atoms with van der Waals surface area (Å²) >= 11 is 0. The highest BCUT2D eigenvalue weighted by Crippen LogP contribution is 2.22. The van der Waals surface area contributed by atoms with Crippen LogP contribution in [0.15, 0.2) is 71.6 Å². The number of carbonyl (C=O) groups excluding carboxylic acids is 1. The number of carbonyl (C=O) groups is 1. The van der Waals surface area contributed by atoms with E-state index in [0.717, 1.165) is 21.0 Å². The second-order valence-electron chi connectivity index (χ2n) is 7.93. The molecule has 1 amide bonds. The van der Waals surface area contributed by atoms with Gasteiger partial charge in [-0.1, -0.05) is 35.9 Å². The number of halogens is 1. The largest absolute Gasteiger partial charge is 0.314 e. The third kappa shape index (κ3) is 5.41. The molecule has 0 unspecified atom stereocenters. The van der Waals surface area contributed by atoms with Crippen molar-refractivity contribution in [1.29, 1.82) is 0 Å². The Hall–Kier alpha value is -3.03. The van der Waals surface area contributed by atoms with Gasteiger partial charge in [-0.25, -0.2) is 12.8 Å². The van der Waals surface area contributed by atoms with Crippen LogP contribution in [0, 0.1) is 26.6 Å². The SMILES string of the molecule is Cc1ccc(S(=O)(=O)N(CC(=O)N(C)c2ccc(C)c(C)c2)Cc2ccc(F)cc2)cc1. The van der Waals surface area contributed by atoms with Crippen molar-refractivity contribution in [2.45, 2.75) is 32.2 Å². The third-order valence-electron chi connectivity index (χ3n) is 5.49. The molecule has 0 spiro atoms. The van der Waals surface area contributed by atoms with Gasteiger partial charge in [-0.05, 0) is 73.9 Å². The third-order valence-corrected chi connectivity index (χ3v) is 7.30. The van der Waals surface area contributed by atoms with E-state index >= 15 is 0 Å². The summed E-state index contributed by atoms with van der Waals surface area (Å²) < 4.78 is 41.2. The normalized spacial score (nSPS) is 11.6. The topological polar surface area (TPSA) is 57.7 Å². The maximum atomic E-state index is 13.4. The van der Waals surface area contributed by atoms with E-state index in [1.165, 1.54) is 41.3 Å². The van der Waals surface area contributed by atoms with Gasteiger partial charge in [0.25, 0.3) is 0 Å². The van der Waals surface area contributed by atoms with E-state index < -0.39 is 15.8 Å². The van der Waals surface area contributed by atoms with Crippen molar-refractivity contribution >= 4 is 21.6 Å². The molecule has 168 valence electrons. The van der Waals surface area contributed by atoms with Gasteiger partial charge in [-0.2, -0.15) is 4.31 Å². The zero-order valence-electron chi connectivity index (χ0n) is 18.7. The van der Waals surface area contributed by atoms with Crippen LogP contribution < -0.4 is 4.90 Å². The molecule has 0 aliphatic rings. The van der Waals surface area contributed by atoms with Gasteiger partial charge in [0, 0.05) is 19.3 Å². The molecule has 0 heterocycles. The average molecular weight is 455 g/mol. The standard InChI is InChI=1S/C25H27FN2O3S/c1-18-5-13-24(14-6-18)32(30,31)28(16-21-8-10-22(26)11-9-21)17-25(29)27(4)23-12-7-19(2)20(3)15-23/h5-15H,16-17H2,1-4H3. The van der Waals surface area contributed by atoms with E-state index in [-0.39, 0.29) is 23.9 Å². The van der Waals surface area contributed by atoms with Gasteiger partial charge >= 0.3 is 0 Å². The number of hydrogen-bond donors (Lipinski definition) is 0. The summed E-state index contributed by atoms with van der Waals surface area (Å²) in [6.07, 6.45) is 0. The predicted octanol–water partition coefficient (Wildman–Crippen LogP) is 4.60. The molecule has 3 aromatic carbocycles. The highest BCUT2D eigenvalue weighted by Gasteiger charge is 2.28. The second kappa shape index (κ2) is 9.63. The molecule has 3 rings (SSSR count). The van der Waals surface area contributed by atoms with E-state index in [2.05, 4.69) is 0 Å². The molecule has 3 aromatic rings. The molecule has 0 N–H and O–H groups in total. The molecule has 0 bridgehead atoms. The Morgan fingerprint density at radius 3 is 2.09 bits per heavy atom. The lowest BCUT2D eigenvalue weighted by molar-refractivity contribution is -0.118. The number of benzene rings is 3. The first-order chi connectivity index (χ1) is 15.1. The lowest BCUT2D eigenvalue weighted by atomic mass is 10.1. The number of likely N-dealkylation sites (N-methyl/N-ethyl adjacent to an activating group) is 1.